The highest BCUT2D eigenvalue weighted by atomic mass is 35.5. The van der Waals surface area contributed by atoms with Crippen LogP contribution >= 0.6 is 11.6 Å². The Hall–Kier alpha value is -1.06. The first-order chi connectivity index (χ1) is 8.25. The molecule has 0 spiro atoms. The number of carbonyl (C=O) groups is 1. The third kappa shape index (κ3) is 1.94. The number of piperidine rings is 1. The van der Waals surface area contributed by atoms with Gasteiger partial charge in [-0.15, -0.1) is 0 Å². The number of hydrogen-bond donors (Lipinski definition) is 1. The van der Waals surface area contributed by atoms with E-state index in [1.807, 2.05) is 23.1 Å². The normalized spacial score (nSPS) is 20.8. The molecule has 2 aliphatic rings. The highest BCUT2D eigenvalue weighted by Gasteiger charge is 2.33. The summed E-state index contributed by atoms with van der Waals surface area (Å²) in [6.45, 7) is 1.98. The molecule has 0 atom stereocenters. The molecule has 3 rings (SSSR count). The van der Waals surface area contributed by atoms with Gasteiger partial charge in [0.05, 0.1) is 6.42 Å². The predicted octanol–water partition coefficient (Wildman–Crippen LogP) is 1.98. The largest absolute Gasteiger partial charge is 0.317 e. The molecule has 90 valence electrons. The molecule has 3 nitrogen and oxygen atoms in total. The van der Waals surface area contributed by atoms with E-state index in [9.17, 15) is 4.79 Å². The highest BCUT2D eigenvalue weighted by Crippen LogP contribution is 2.34. The molecule has 0 radical (unpaired) electrons. The Balaban J connectivity index is 1.95. The lowest BCUT2D eigenvalue weighted by Crippen LogP contribution is -2.44. The lowest BCUT2D eigenvalue weighted by atomic mass is 10.0. The van der Waals surface area contributed by atoms with E-state index in [0.29, 0.717) is 17.5 Å². The third-order valence-electron chi connectivity index (χ3n) is 3.59. The average Bonchev–Trinajstić information content (AvgIpc) is 2.65. The van der Waals surface area contributed by atoms with Crippen molar-refractivity contribution in [3.05, 3.63) is 28.8 Å². The quantitative estimate of drug-likeness (QED) is 0.827. The number of fused-ring (bicyclic) bond motifs is 1. The fraction of sp³-hybridized carbons (Fsp3) is 0.462. The van der Waals surface area contributed by atoms with Gasteiger partial charge in [-0.05, 0) is 43.6 Å². The summed E-state index contributed by atoms with van der Waals surface area (Å²) in [4.78, 5) is 14.1. The van der Waals surface area contributed by atoms with Gasteiger partial charge in [-0.3, -0.25) is 4.79 Å². The average molecular weight is 251 g/mol. The van der Waals surface area contributed by atoms with Crippen LogP contribution in [0.5, 0.6) is 0 Å². The van der Waals surface area contributed by atoms with Crippen LogP contribution in [-0.2, 0) is 11.2 Å². The van der Waals surface area contributed by atoms with Crippen molar-refractivity contribution >= 4 is 23.2 Å². The number of rotatable bonds is 1. The first kappa shape index (κ1) is 11.1. The second-order valence-electron chi connectivity index (χ2n) is 4.69. The molecule has 0 aliphatic carbocycles. The smallest absolute Gasteiger partial charge is 0.231 e. The number of hydrogen-bond acceptors (Lipinski definition) is 2. The molecule has 0 saturated carbocycles. The summed E-state index contributed by atoms with van der Waals surface area (Å²) in [7, 11) is 0. The Morgan fingerprint density at radius 3 is 2.82 bits per heavy atom. The Morgan fingerprint density at radius 1 is 1.29 bits per heavy atom. The van der Waals surface area contributed by atoms with Crippen molar-refractivity contribution < 1.29 is 4.79 Å². The van der Waals surface area contributed by atoms with E-state index in [-0.39, 0.29) is 5.91 Å². The number of anilines is 1. The Morgan fingerprint density at radius 2 is 2.06 bits per heavy atom. The maximum Gasteiger partial charge on any atom is 0.231 e. The van der Waals surface area contributed by atoms with Crippen LogP contribution in [0.4, 0.5) is 5.69 Å². The van der Waals surface area contributed by atoms with Crippen LogP contribution in [-0.4, -0.2) is 25.0 Å². The SMILES string of the molecule is O=C1Cc2ccc(Cl)cc2N1C1CCNCC1. The zero-order chi connectivity index (χ0) is 11.8. The van der Waals surface area contributed by atoms with Crippen LogP contribution in [0.3, 0.4) is 0 Å². The van der Waals surface area contributed by atoms with Crippen molar-refractivity contribution in [2.24, 2.45) is 0 Å². The van der Waals surface area contributed by atoms with E-state index in [0.717, 1.165) is 37.2 Å². The minimum absolute atomic E-state index is 0.217. The van der Waals surface area contributed by atoms with E-state index >= 15 is 0 Å². The summed E-state index contributed by atoms with van der Waals surface area (Å²) < 4.78 is 0. The topological polar surface area (TPSA) is 32.3 Å². The van der Waals surface area contributed by atoms with Gasteiger partial charge >= 0.3 is 0 Å². The molecule has 1 amide bonds. The van der Waals surface area contributed by atoms with Crippen molar-refractivity contribution in [3.8, 4) is 0 Å². The summed E-state index contributed by atoms with van der Waals surface area (Å²) in [6.07, 6.45) is 2.58. The van der Waals surface area contributed by atoms with E-state index in [1.165, 1.54) is 0 Å². The monoisotopic (exact) mass is 250 g/mol. The maximum absolute atomic E-state index is 12.1. The summed E-state index contributed by atoms with van der Waals surface area (Å²) in [5, 5.41) is 4.03. The highest BCUT2D eigenvalue weighted by molar-refractivity contribution is 6.31. The second-order valence-corrected chi connectivity index (χ2v) is 5.13. The van der Waals surface area contributed by atoms with Gasteiger partial charge in [0.25, 0.3) is 0 Å². The summed E-state index contributed by atoms with van der Waals surface area (Å²) in [6, 6.07) is 6.09. The fourth-order valence-electron chi connectivity index (χ4n) is 2.76. The predicted molar refractivity (Wildman–Crippen MR) is 68.5 cm³/mol. The third-order valence-corrected chi connectivity index (χ3v) is 3.83. The van der Waals surface area contributed by atoms with Gasteiger partial charge in [-0.1, -0.05) is 17.7 Å². The molecule has 1 aromatic carbocycles. The molecule has 1 N–H and O–H groups in total. The number of nitrogens with zero attached hydrogens (tertiary/aromatic N) is 1. The zero-order valence-corrected chi connectivity index (χ0v) is 10.3. The molecular weight excluding hydrogens is 236 g/mol. The van der Waals surface area contributed by atoms with E-state index in [1.54, 1.807) is 0 Å². The minimum atomic E-state index is 0.217. The second kappa shape index (κ2) is 4.31. The van der Waals surface area contributed by atoms with Gasteiger partial charge < -0.3 is 10.2 Å². The van der Waals surface area contributed by atoms with Crippen molar-refractivity contribution in [2.75, 3.05) is 18.0 Å². The van der Waals surface area contributed by atoms with Crippen molar-refractivity contribution in [1.82, 2.24) is 5.32 Å². The number of carbonyl (C=O) groups excluding carboxylic acids is 1. The van der Waals surface area contributed by atoms with Gasteiger partial charge in [0.15, 0.2) is 0 Å². The molecule has 4 heteroatoms. The van der Waals surface area contributed by atoms with Gasteiger partial charge in [0.1, 0.15) is 0 Å². The number of amides is 1. The molecule has 17 heavy (non-hydrogen) atoms. The summed E-state index contributed by atoms with van der Waals surface area (Å²) in [5.74, 6) is 0.217. The zero-order valence-electron chi connectivity index (χ0n) is 9.58. The fourth-order valence-corrected chi connectivity index (χ4v) is 2.92. The van der Waals surface area contributed by atoms with Gasteiger partial charge in [0, 0.05) is 16.8 Å². The number of halogens is 1. The number of benzene rings is 1. The number of nitrogens with one attached hydrogen (secondary N) is 1. The van der Waals surface area contributed by atoms with Crippen molar-refractivity contribution in [3.63, 3.8) is 0 Å². The lowest BCUT2D eigenvalue weighted by molar-refractivity contribution is -0.117. The first-order valence-electron chi connectivity index (χ1n) is 6.07. The maximum atomic E-state index is 12.1. The standard InChI is InChI=1S/C13H15ClN2O/c14-10-2-1-9-7-13(17)16(12(9)8-10)11-3-5-15-6-4-11/h1-2,8,11,15H,3-7H2. The molecule has 0 aromatic heterocycles. The summed E-state index contributed by atoms with van der Waals surface area (Å²) >= 11 is 6.03. The molecule has 1 aromatic rings. The van der Waals surface area contributed by atoms with Crippen LogP contribution in [0.1, 0.15) is 18.4 Å². The van der Waals surface area contributed by atoms with Gasteiger partial charge in [-0.2, -0.15) is 0 Å². The molecular formula is C13H15ClN2O. The van der Waals surface area contributed by atoms with E-state index in [4.69, 9.17) is 11.6 Å². The lowest BCUT2D eigenvalue weighted by Gasteiger charge is -2.32. The van der Waals surface area contributed by atoms with Crippen LogP contribution in [0, 0.1) is 0 Å². The molecule has 1 fully saturated rings. The van der Waals surface area contributed by atoms with Crippen LogP contribution in [0.15, 0.2) is 18.2 Å². The van der Waals surface area contributed by atoms with E-state index in [2.05, 4.69) is 5.32 Å². The van der Waals surface area contributed by atoms with Gasteiger partial charge in [0.2, 0.25) is 5.91 Å². The van der Waals surface area contributed by atoms with Gasteiger partial charge in [-0.25, -0.2) is 0 Å². The molecule has 1 saturated heterocycles. The van der Waals surface area contributed by atoms with E-state index < -0.39 is 0 Å². The van der Waals surface area contributed by atoms with Crippen molar-refractivity contribution in [1.29, 1.82) is 0 Å². The van der Waals surface area contributed by atoms with Crippen molar-refractivity contribution in [2.45, 2.75) is 25.3 Å². The Labute approximate surface area is 106 Å². The molecule has 2 aliphatic heterocycles. The van der Waals surface area contributed by atoms with Crippen LogP contribution in [0.2, 0.25) is 5.02 Å². The molecule has 0 unspecified atom stereocenters. The molecule has 0 bridgehead atoms. The van der Waals surface area contributed by atoms with Crippen LogP contribution in [0.25, 0.3) is 0 Å². The Bertz CT molecular complexity index is 455. The minimum Gasteiger partial charge on any atom is -0.317 e. The summed E-state index contributed by atoms with van der Waals surface area (Å²) in [5.41, 5.74) is 2.13. The van der Waals surface area contributed by atoms with Crippen LogP contribution < -0.4 is 10.2 Å². The first-order valence-corrected chi connectivity index (χ1v) is 6.45. The Kier molecular flexibility index (Phi) is 2.81. The molecule has 2 heterocycles.